The van der Waals surface area contributed by atoms with Crippen LogP contribution in [0.25, 0.3) is 0 Å². The third-order valence-corrected chi connectivity index (χ3v) is 7.51. The Kier molecular flexibility index (Phi) is 7.31. The number of nitrogens with one attached hydrogen (secondary N) is 2. The topological polar surface area (TPSA) is 48.9 Å². The number of ether oxygens (including phenoxy) is 1. The number of aliphatic imine (C=N–C) groups is 1. The van der Waals surface area contributed by atoms with Crippen LogP contribution in [-0.4, -0.2) is 73.3 Å². The SMILES string of the molecule is CCNC(=NCC1(SC)CCOCC1)NC1CCN(C2CCCC2)C1. The maximum atomic E-state index is 5.55. The number of hydrogen-bond donors (Lipinski definition) is 2. The average molecular weight is 369 g/mol. The predicted molar refractivity (Wildman–Crippen MR) is 108 cm³/mol. The zero-order chi connectivity index (χ0) is 17.5. The molecule has 0 radical (unpaired) electrons. The van der Waals surface area contributed by atoms with Crippen LogP contribution in [0.5, 0.6) is 0 Å². The molecule has 144 valence electrons. The van der Waals surface area contributed by atoms with E-state index >= 15 is 0 Å². The van der Waals surface area contributed by atoms with Crippen molar-refractivity contribution in [2.45, 2.75) is 68.7 Å². The third-order valence-electron chi connectivity index (χ3n) is 6.11. The Morgan fingerprint density at radius 1 is 1.24 bits per heavy atom. The van der Waals surface area contributed by atoms with Crippen LogP contribution in [0.2, 0.25) is 0 Å². The Bertz CT molecular complexity index is 433. The average Bonchev–Trinajstić information content (AvgIpc) is 3.32. The summed E-state index contributed by atoms with van der Waals surface area (Å²) in [6, 6.07) is 1.38. The monoisotopic (exact) mass is 368 g/mol. The highest BCUT2D eigenvalue weighted by Crippen LogP contribution is 2.34. The summed E-state index contributed by atoms with van der Waals surface area (Å²) in [5.41, 5.74) is 0. The highest BCUT2D eigenvalue weighted by molar-refractivity contribution is 8.00. The Balaban J connectivity index is 1.53. The first-order chi connectivity index (χ1) is 12.2. The number of likely N-dealkylation sites (tertiary alicyclic amines) is 1. The fourth-order valence-electron chi connectivity index (χ4n) is 4.41. The Morgan fingerprint density at radius 2 is 2.00 bits per heavy atom. The summed E-state index contributed by atoms with van der Waals surface area (Å²) < 4.78 is 5.81. The third kappa shape index (κ3) is 5.27. The highest BCUT2D eigenvalue weighted by Gasteiger charge is 2.33. The van der Waals surface area contributed by atoms with Gasteiger partial charge in [-0.15, -0.1) is 0 Å². The Morgan fingerprint density at radius 3 is 2.68 bits per heavy atom. The van der Waals surface area contributed by atoms with Crippen LogP contribution in [-0.2, 0) is 4.74 Å². The van der Waals surface area contributed by atoms with Crippen molar-refractivity contribution >= 4 is 17.7 Å². The molecule has 3 fully saturated rings. The van der Waals surface area contributed by atoms with Gasteiger partial charge in [0.15, 0.2) is 5.96 Å². The molecule has 25 heavy (non-hydrogen) atoms. The van der Waals surface area contributed by atoms with Gasteiger partial charge in [0.25, 0.3) is 0 Å². The highest BCUT2D eigenvalue weighted by atomic mass is 32.2. The molecule has 0 aromatic carbocycles. The molecular weight excluding hydrogens is 332 g/mol. The number of nitrogens with zero attached hydrogens (tertiary/aromatic N) is 2. The molecule has 2 N–H and O–H groups in total. The molecular formula is C19H36N4OS. The summed E-state index contributed by atoms with van der Waals surface area (Å²) >= 11 is 1.96. The second-order valence-electron chi connectivity index (χ2n) is 7.76. The lowest BCUT2D eigenvalue weighted by molar-refractivity contribution is 0.0794. The molecule has 1 aliphatic carbocycles. The number of guanidine groups is 1. The first kappa shape index (κ1) is 19.3. The lowest BCUT2D eigenvalue weighted by Gasteiger charge is -2.34. The van der Waals surface area contributed by atoms with Crippen LogP contribution in [0.15, 0.2) is 4.99 Å². The normalized spacial score (nSPS) is 28.4. The van der Waals surface area contributed by atoms with Gasteiger partial charge in [0.1, 0.15) is 0 Å². The van der Waals surface area contributed by atoms with Crippen molar-refractivity contribution < 1.29 is 4.74 Å². The van der Waals surface area contributed by atoms with E-state index in [1.165, 1.54) is 45.2 Å². The second-order valence-corrected chi connectivity index (χ2v) is 9.03. The molecule has 2 saturated heterocycles. The first-order valence-corrected chi connectivity index (χ1v) is 11.4. The summed E-state index contributed by atoms with van der Waals surface area (Å²) in [7, 11) is 0. The number of rotatable bonds is 6. The van der Waals surface area contributed by atoms with E-state index in [1.54, 1.807) is 0 Å². The summed E-state index contributed by atoms with van der Waals surface area (Å²) in [6.07, 6.45) is 11.3. The van der Waals surface area contributed by atoms with E-state index in [2.05, 4.69) is 28.7 Å². The van der Waals surface area contributed by atoms with Crippen molar-refractivity contribution in [3.63, 3.8) is 0 Å². The molecule has 3 aliphatic rings. The van der Waals surface area contributed by atoms with Gasteiger partial charge in [0.05, 0.1) is 6.54 Å². The molecule has 0 spiro atoms. The molecule has 0 aromatic heterocycles. The van der Waals surface area contributed by atoms with Crippen molar-refractivity contribution in [1.82, 2.24) is 15.5 Å². The van der Waals surface area contributed by atoms with E-state index < -0.39 is 0 Å². The zero-order valence-electron chi connectivity index (χ0n) is 16.1. The van der Waals surface area contributed by atoms with Crippen LogP contribution >= 0.6 is 11.8 Å². The van der Waals surface area contributed by atoms with Crippen molar-refractivity contribution in [3.8, 4) is 0 Å². The molecule has 0 amide bonds. The zero-order valence-corrected chi connectivity index (χ0v) is 16.9. The minimum absolute atomic E-state index is 0.256. The van der Waals surface area contributed by atoms with Gasteiger partial charge in [-0.2, -0.15) is 11.8 Å². The number of thioether (sulfide) groups is 1. The van der Waals surface area contributed by atoms with E-state index in [-0.39, 0.29) is 4.75 Å². The maximum absolute atomic E-state index is 5.55. The van der Waals surface area contributed by atoms with Crippen LogP contribution in [0, 0.1) is 0 Å². The predicted octanol–water partition coefficient (Wildman–Crippen LogP) is 2.47. The summed E-state index contributed by atoms with van der Waals surface area (Å²) in [5, 5.41) is 7.16. The van der Waals surface area contributed by atoms with Gasteiger partial charge in [-0.3, -0.25) is 9.89 Å². The number of hydrogen-bond acceptors (Lipinski definition) is 4. The molecule has 1 saturated carbocycles. The van der Waals surface area contributed by atoms with Crippen LogP contribution in [0.3, 0.4) is 0 Å². The molecule has 5 nitrogen and oxygen atoms in total. The second kappa shape index (κ2) is 9.47. The van der Waals surface area contributed by atoms with Crippen LogP contribution < -0.4 is 10.6 Å². The van der Waals surface area contributed by atoms with Crippen molar-refractivity contribution in [2.24, 2.45) is 4.99 Å². The minimum Gasteiger partial charge on any atom is -0.381 e. The van der Waals surface area contributed by atoms with Crippen LogP contribution in [0.4, 0.5) is 0 Å². The van der Waals surface area contributed by atoms with Gasteiger partial charge >= 0.3 is 0 Å². The van der Waals surface area contributed by atoms with Gasteiger partial charge in [-0.1, -0.05) is 12.8 Å². The summed E-state index contributed by atoms with van der Waals surface area (Å²) in [4.78, 5) is 7.67. The van der Waals surface area contributed by atoms with E-state index in [1.807, 2.05) is 11.8 Å². The summed E-state index contributed by atoms with van der Waals surface area (Å²) in [5.74, 6) is 1.00. The Hall–Kier alpha value is -0.460. The molecule has 6 heteroatoms. The molecule has 2 aliphatic heterocycles. The molecule has 2 heterocycles. The van der Waals surface area contributed by atoms with Crippen LogP contribution in [0.1, 0.15) is 51.9 Å². The van der Waals surface area contributed by atoms with Crippen molar-refractivity contribution in [2.75, 3.05) is 45.6 Å². The lowest BCUT2D eigenvalue weighted by atomic mass is 9.99. The van der Waals surface area contributed by atoms with Crippen molar-refractivity contribution in [3.05, 3.63) is 0 Å². The molecule has 3 rings (SSSR count). The minimum atomic E-state index is 0.256. The molecule has 0 bridgehead atoms. The Labute approximate surface area is 157 Å². The first-order valence-electron chi connectivity index (χ1n) is 10.2. The van der Waals surface area contributed by atoms with Gasteiger partial charge in [-0.25, -0.2) is 0 Å². The maximum Gasteiger partial charge on any atom is 0.191 e. The van der Waals surface area contributed by atoms with Gasteiger partial charge in [0.2, 0.25) is 0 Å². The molecule has 1 atom stereocenters. The summed E-state index contributed by atoms with van der Waals surface area (Å²) in [6.45, 7) is 8.12. The lowest BCUT2D eigenvalue weighted by Crippen LogP contribution is -2.46. The smallest absolute Gasteiger partial charge is 0.191 e. The fourth-order valence-corrected chi connectivity index (χ4v) is 5.18. The van der Waals surface area contributed by atoms with Gasteiger partial charge in [-0.05, 0) is 45.3 Å². The molecule has 1 unspecified atom stereocenters. The van der Waals surface area contributed by atoms with E-state index in [4.69, 9.17) is 9.73 Å². The quantitative estimate of drug-likeness (QED) is 0.557. The standard InChI is InChI=1S/C19H36N4OS/c1-3-20-18(21-15-19(25-2)9-12-24-13-10-19)22-16-8-11-23(14-16)17-6-4-5-7-17/h16-17H,3-15H2,1-2H3,(H2,20,21,22). The van der Waals surface area contributed by atoms with E-state index in [9.17, 15) is 0 Å². The van der Waals surface area contributed by atoms with E-state index in [0.717, 1.165) is 51.1 Å². The van der Waals surface area contributed by atoms with Crippen molar-refractivity contribution in [1.29, 1.82) is 0 Å². The van der Waals surface area contributed by atoms with Gasteiger partial charge in [0, 0.05) is 49.7 Å². The van der Waals surface area contributed by atoms with Gasteiger partial charge < -0.3 is 15.4 Å². The van der Waals surface area contributed by atoms with E-state index in [0.29, 0.717) is 6.04 Å². The largest absolute Gasteiger partial charge is 0.381 e. The molecule has 0 aromatic rings. The fraction of sp³-hybridized carbons (Fsp3) is 0.947.